The van der Waals surface area contributed by atoms with Gasteiger partial charge in [0.05, 0.1) is 11.2 Å². The average Bonchev–Trinajstić information content (AvgIpc) is 2.84. The number of hydrogen-bond donors (Lipinski definition) is 1. The second-order valence-corrected chi connectivity index (χ2v) is 6.94. The third kappa shape index (κ3) is 3.67. The van der Waals surface area contributed by atoms with E-state index in [0.717, 1.165) is 15.6 Å². The fourth-order valence-electron chi connectivity index (χ4n) is 1.99. The van der Waals surface area contributed by atoms with E-state index in [2.05, 4.69) is 10.5 Å². The van der Waals surface area contributed by atoms with Gasteiger partial charge in [-0.15, -0.1) is 11.3 Å². The van der Waals surface area contributed by atoms with Crippen LogP contribution in [-0.4, -0.2) is 12.1 Å². The minimum atomic E-state index is -0.370. The number of thiophene rings is 1. The number of benzene rings is 2. The Balaban J connectivity index is 1.80. The lowest BCUT2D eigenvalue weighted by Gasteiger charge is -1.98. The predicted octanol–water partition coefficient (Wildman–Crippen LogP) is 5.63. The van der Waals surface area contributed by atoms with Crippen LogP contribution in [0.15, 0.2) is 47.6 Å². The minimum Gasteiger partial charge on any atom is -0.266 e. The van der Waals surface area contributed by atoms with Crippen molar-refractivity contribution in [2.75, 3.05) is 0 Å². The van der Waals surface area contributed by atoms with E-state index in [9.17, 15) is 4.79 Å². The quantitative estimate of drug-likeness (QED) is 0.462. The fraction of sp³-hybridized carbons (Fsp3) is 0. The molecule has 1 N–H and O–H groups in total. The summed E-state index contributed by atoms with van der Waals surface area (Å²) in [4.78, 5) is 12.6. The minimum absolute atomic E-state index is 0.370. The van der Waals surface area contributed by atoms with Crippen LogP contribution in [-0.2, 0) is 0 Å². The first-order chi connectivity index (χ1) is 11.0. The van der Waals surface area contributed by atoms with Crippen molar-refractivity contribution in [3.63, 3.8) is 0 Å². The van der Waals surface area contributed by atoms with Crippen molar-refractivity contribution in [2.45, 2.75) is 0 Å². The maximum Gasteiger partial charge on any atom is 0.283 e. The maximum absolute atomic E-state index is 12.2. The lowest BCUT2D eigenvalue weighted by molar-refractivity contribution is 0.0959. The molecule has 1 heterocycles. The topological polar surface area (TPSA) is 41.5 Å². The monoisotopic (exact) mass is 382 g/mol. The summed E-state index contributed by atoms with van der Waals surface area (Å²) in [6.45, 7) is 0. The number of fused-ring (bicyclic) bond motifs is 1. The number of carbonyl (C=O) groups excluding carboxylic acids is 1. The summed E-state index contributed by atoms with van der Waals surface area (Å²) < 4.78 is 0.892. The fourth-order valence-corrected chi connectivity index (χ4v) is 3.74. The van der Waals surface area contributed by atoms with Gasteiger partial charge in [-0.2, -0.15) is 5.10 Å². The Morgan fingerprint density at radius 3 is 2.65 bits per heavy atom. The van der Waals surface area contributed by atoms with Crippen molar-refractivity contribution in [3.05, 3.63) is 68.0 Å². The number of amides is 1. The SMILES string of the molecule is O=C(N/N=C/c1cccc(Cl)c1)c1sc2ccc(Cl)cc2c1Cl. The van der Waals surface area contributed by atoms with E-state index in [1.54, 1.807) is 30.3 Å². The number of rotatable bonds is 3. The lowest BCUT2D eigenvalue weighted by atomic mass is 10.2. The molecule has 3 aromatic rings. The molecule has 1 amide bonds. The Labute approximate surface area is 151 Å². The number of hydrogen-bond acceptors (Lipinski definition) is 3. The molecule has 3 rings (SSSR count). The highest BCUT2D eigenvalue weighted by molar-refractivity contribution is 7.21. The zero-order chi connectivity index (χ0) is 16.4. The molecule has 0 saturated carbocycles. The lowest BCUT2D eigenvalue weighted by Crippen LogP contribution is -2.16. The standard InChI is InChI=1S/C16H9Cl3N2OS/c17-10-3-1-2-9(6-10)8-20-21-16(22)15-14(19)12-7-11(18)4-5-13(12)23-15/h1-8H,(H,21,22)/b20-8+. The third-order valence-electron chi connectivity index (χ3n) is 3.02. The van der Waals surface area contributed by atoms with Crippen LogP contribution >= 0.6 is 46.1 Å². The molecule has 2 aromatic carbocycles. The van der Waals surface area contributed by atoms with E-state index in [1.165, 1.54) is 17.6 Å². The van der Waals surface area contributed by atoms with Gasteiger partial charge in [0, 0.05) is 20.1 Å². The van der Waals surface area contributed by atoms with E-state index in [4.69, 9.17) is 34.8 Å². The molecule has 0 bridgehead atoms. The van der Waals surface area contributed by atoms with Gasteiger partial charge < -0.3 is 0 Å². The number of halogens is 3. The molecule has 3 nitrogen and oxygen atoms in total. The van der Waals surface area contributed by atoms with E-state index in [-0.39, 0.29) is 5.91 Å². The molecule has 7 heteroatoms. The van der Waals surface area contributed by atoms with Crippen molar-refractivity contribution in [2.24, 2.45) is 5.10 Å². The van der Waals surface area contributed by atoms with Gasteiger partial charge in [0.15, 0.2) is 0 Å². The molecule has 0 spiro atoms. The Bertz CT molecular complexity index is 921. The van der Waals surface area contributed by atoms with Gasteiger partial charge >= 0.3 is 0 Å². The molecule has 1 aromatic heterocycles. The molecule has 0 radical (unpaired) electrons. The first-order valence-electron chi connectivity index (χ1n) is 6.51. The summed E-state index contributed by atoms with van der Waals surface area (Å²) in [7, 11) is 0. The zero-order valence-electron chi connectivity index (χ0n) is 11.5. The molecule has 0 aliphatic rings. The predicted molar refractivity (Wildman–Crippen MR) is 98.4 cm³/mol. The van der Waals surface area contributed by atoms with Gasteiger partial charge in [0.1, 0.15) is 4.88 Å². The van der Waals surface area contributed by atoms with E-state index in [1.807, 2.05) is 12.1 Å². The zero-order valence-corrected chi connectivity index (χ0v) is 14.6. The number of hydrazone groups is 1. The van der Waals surface area contributed by atoms with Gasteiger partial charge in [-0.1, -0.05) is 46.9 Å². The molecular weight excluding hydrogens is 375 g/mol. The Morgan fingerprint density at radius 2 is 1.87 bits per heavy atom. The van der Waals surface area contributed by atoms with Crippen LogP contribution in [0, 0.1) is 0 Å². The molecule has 116 valence electrons. The Kier molecular flexibility index (Phi) is 4.87. The summed E-state index contributed by atoms with van der Waals surface area (Å²) in [5.74, 6) is -0.370. The highest BCUT2D eigenvalue weighted by Crippen LogP contribution is 2.36. The normalized spacial score (nSPS) is 11.3. The van der Waals surface area contributed by atoms with Crippen molar-refractivity contribution < 1.29 is 4.79 Å². The largest absolute Gasteiger partial charge is 0.283 e. The third-order valence-corrected chi connectivity index (χ3v) is 5.17. The van der Waals surface area contributed by atoms with Crippen LogP contribution in [0.5, 0.6) is 0 Å². The first-order valence-corrected chi connectivity index (χ1v) is 8.46. The van der Waals surface area contributed by atoms with Crippen molar-refractivity contribution >= 4 is 68.3 Å². The average molecular weight is 384 g/mol. The summed E-state index contributed by atoms with van der Waals surface area (Å²) in [6, 6.07) is 12.5. The Morgan fingerprint density at radius 1 is 1.09 bits per heavy atom. The van der Waals surface area contributed by atoms with Gasteiger partial charge in [-0.3, -0.25) is 4.79 Å². The number of nitrogens with zero attached hydrogens (tertiary/aromatic N) is 1. The molecular formula is C16H9Cl3N2OS. The second-order valence-electron chi connectivity index (χ2n) is 4.64. The van der Waals surface area contributed by atoms with E-state index in [0.29, 0.717) is 19.9 Å². The smallest absolute Gasteiger partial charge is 0.266 e. The number of nitrogens with one attached hydrogen (secondary N) is 1. The summed E-state index contributed by atoms with van der Waals surface area (Å²) >= 11 is 19.4. The van der Waals surface area contributed by atoms with Gasteiger partial charge in [-0.05, 0) is 35.9 Å². The molecule has 0 saturated heterocycles. The summed E-state index contributed by atoms with van der Waals surface area (Å²) in [5.41, 5.74) is 3.25. The molecule has 0 atom stereocenters. The van der Waals surface area contributed by atoms with Crippen LogP contribution in [0.2, 0.25) is 15.1 Å². The van der Waals surface area contributed by atoms with Crippen LogP contribution in [0.3, 0.4) is 0 Å². The van der Waals surface area contributed by atoms with Crippen LogP contribution < -0.4 is 5.43 Å². The van der Waals surface area contributed by atoms with E-state index < -0.39 is 0 Å². The second kappa shape index (κ2) is 6.89. The van der Waals surface area contributed by atoms with Crippen LogP contribution in [0.4, 0.5) is 0 Å². The van der Waals surface area contributed by atoms with Gasteiger partial charge in [0.2, 0.25) is 0 Å². The molecule has 23 heavy (non-hydrogen) atoms. The van der Waals surface area contributed by atoms with Gasteiger partial charge in [-0.25, -0.2) is 5.43 Å². The highest BCUT2D eigenvalue weighted by Gasteiger charge is 2.16. The van der Waals surface area contributed by atoms with Crippen molar-refractivity contribution in [3.8, 4) is 0 Å². The molecule has 0 unspecified atom stereocenters. The first kappa shape index (κ1) is 16.3. The molecule has 0 aliphatic heterocycles. The van der Waals surface area contributed by atoms with Crippen molar-refractivity contribution in [1.82, 2.24) is 5.43 Å². The van der Waals surface area contributed by atoms with Crippen LogP contribution in [0.1, 0.15) is 15.2 Å². The molecule has 0 fully saturated rings. The summed E-state index contributed by atoms with van der Waals surface area (Å²) in [6.07, 6.45) is 1.52. The molecule has 0 aliphatic carbocycles. The Hall–Kier alpha value is -1.59. The van der Waals surface area contributed by atoms with Crippen molar-refractivity contribution in [1.29, 1.82) is 0 Å². The van der Waals surface area contributed by atoms with E-state index >= 15 is 0 Å². The van der Waals surface area contributed by atoms with Crippen LogP contribution in [0.25, 0.3) is 10.1 Å². The maximum atomic E-state index is 12.2. The number of carbonyl (C=O) groups is 1. The summed E-state index contributed by atoms with van der Waals surface area (Å²) in [5, 5.41) is 6.24. The highest BCUT2D eigenvalue weighted by atomic mass is 35.5. The van der Waals surface area contributed by atoms with Gasteiger partial charge in [0.25, 0.3) is 5.91 Å².